The summed E-state index contributed by atoms with van der Waals surface area (Å²) in [7, 11) is 1.25. The first kappa shape index (κ1) is 18.6. The minimum absolute atomic E-state index is 0.114. The van der Waals surface area contributed by atoms with Crippen molar-refractivity contribution >= 4 is 11.9 Å². The van der Waals surface area contributed by atoms with E-state index in [1.54, 1.807) is 12.1 Å². The van der Waals surface area contributed by atoms with Crippen LogP contribution in [0.4, 0.5) is 0 Å². The van der Waals surface area contributed by atoms with Gasteiger partial charge < -0.3 is 9.47 Å². The number of esters is 1. The Labute approximate surface area is 156 Å². The summed E-state index contributed by atoms with van der Waals surface area (Å²) in [5, 5.41) is 11.4. The minimum atomic E-state index is -1.51. The molecule has 0 amide bonds. The molecule has 1 aliphatic rings. The maximum absolute atomic E-state index is 12.8. The van der Waals surface area contributed by atoms with Gasteiger partial charge in [-0.25, -0.2) is 9.79 Å². The predicted octanol–water partition coefficient (Wildman–Crippen LogP) is 2.74. The molecule has 0 aliphatic carbocycles. The molecule has 0 saturated carbocycles. The van der Waals surface area contributed by atoms with Crippen LogP contribution in [0, 0.1) is 17.0 Å². The highest BCUT2D eigenvalue weighted by Crippen LogP contribution is 2.39. The molecule has 0 fully saturated rings. The molecule has 2 atom stereocenters. The first-order valence-electron chi connectivity index (χ1n) is 8.52. The van der Waals surface area contributed by atoms with Crippen molar-refractivity contribution in [3.63, 3.8) is 0 Å². The first-order valence-corrected chi connectivity index (χ1v) is 8.52. The molecule has 3 rings (SSSR count). The molecule has 27 heavy (non-hydrogen) atoms. The number of carbonyl (C=O) groups excluding carboxylic acids is 1. The normalized spacial score (nSPS) is 19.7. The fourth-order valence-corrected chi connectivity index (χ4v) is 3.39. The number of carbonyl (C=O) groups is 1. The highest BCUT2D eigenvalue weighted by atomic mass is 16.6. The summed E-state index contributed by atoms with van der Waals surface area (Å²) in [6.07, 6.45) is 0. The van der Waals surface area contributed by atoms with Crippen molar-refractivity contribution in [1.29, 1.82) is 0 Å². The summed E-state index contributed by atoms with van der Waals surface area (Å²) in [5.41, 5.74) is 0.712. The Morgan fingerprint density at radius 3 is 2.56 bits per heavy atom. The van der Waals surface area contributed by atoms with E-state index in [9.17, 15) is 14.9 Å². The van der Waals surface area contributed by atoms with Gasteiger partial charge in [-0.2, -0.15) is 0 Å². The zero-order chi connectivity index (χ0) is 19.4. The number of aliphatic imine (C=N–C) groups is 1. The van der Waals surface area contributed by atoms with Crippen molar-refractivity contribution in [2.75, 3.05) is 20.3 Å². The zero-order valence-electron chi connectivity index (χ0n) is 15.1. The molecule has 2 aromatic rings. The van der Waals surface area contributed by atoms with E-state index in [0.29, 0.717) is 11.1 Å². The van der Waals surface area contributed by atoms with Crippen molar-refractivity contribution in [2.45, 2.75) is 18.4 Å². The lowest BCUT2D eigenvalue weighted by Gasteiger charge is -2.29. The Kier molecular flexibility index (Phi) is 5.21. The third-order valence-corrected chi connectivity index (χ3v) is 4.76. The summed E-state index contributed by atoms with van der Waals surface area (Å²) in [6.45, 7) is 1.27. The zero-order valence-corrected chi connectivity index (χ0v) is 15.1. The van der Waals surface area contributed by atoms with Crippen LogP contribution in [0.25, 0.3) is 0 Å². The number of aryl methyl sites for hydroxylation is 1. The van der Waals surface area contributed by atoms with Crippen LogP contribution in [-0.2, 0) is 14.3 Å². The Bertz CT molecular complexity index is 881. The molecule has 0 bridgehead atoms. The SMILES string of the molecule is COC(=O)[C@@]1([C@H](C[N+](=O)[O-])c2ccccc2C)COC(c2ccccc2)=N1. The first-order chi connectivity index (χ1) is 13.0. The smallest absolute Gasteiger partial charge is 0.338 e. The molecule has 2 aromatic carbocycles. The summed E-state index contributed by atoms with van der Waals surface area (Å²) >= 11 is 0. The molecule has 7 nitrogen and oxygen atoms in total. The van der Waals surface area contributed by atoms with Crippen LogP contribution >= 0.6 is 0 Å². The summed E-state index contributed by atoms with van der Waals surface area (Å²) in [6, 6.07) is 16.4. The standard InChI is InChI=1S/C20H20N2O5/c1-14-8-6-7-11-16(14)17(12-22(24)25)20(19(23)26-2)13-27-18(21-20)15-9-4-3-5-10-15/h3-11,17H,12-13H2,1-2H3/t17-,20+/m1/s1. The number of hydrogen-bond donors (Lipinski definition) is 0. The van der Waals surface area contributed by atoms with Crippen LogP contribution in [-0.4, -0.2) is 42.6 Å². The van der Waals surface area contributed by atoms with E-state index >= 15 is 0 Å². The second-order valence-corrected chi connectivity index (χ2v) is 6.41. The van der Waals surface area contributed by atoms with Crippen LogP contribution in [0.5, 0.6) is 0 Å². The molecule has 1 heterocycles. The second kappa shape index (κ2) is 7.57. The van der Waals surface area contributed by atoms with Crippen LogP contribution in [0.1, 0.15) is 22.6 Å². The van der Waals surface area contributed by atoms with E-state index in [0.717, 1.165) is 5.56 Å². The lowest BCUT2D eigenvalue weighted by Crippen LogP contribution is -2.48. The van der Waals surface area contributed by atoms with Crippen LogP contribution in [0.2, 0.25) is 0 Å². The van der Waals surface area contributed by atoms with Crippen molar-refractivity contribution in [2.24, 2.45) is 4.99 Å². The van der Waals surface area contributed by atoms with E-state index in [4.69, 9.17) is 9.47 Å². The van der Waals surface area contributed by atoms with Gasteiger partial charge in [-0.05, 0) is 30.2 Å². The number of rotatable bonds is 6. The third-order valence-electron chi connectivity index (χ3n) is 4.76. The summed E-state index contributed by atoms with van der Waals surface area (Å²) < 4.78 is 10.7. The number of methoxy groups -OCH3 is 1. The number of nitro groups is 1. The fourth-order valence-electron chi connectivity index (χ4n) is 3.39. The molecule has 0 unspecified atom stereocenters. The van der Waals surface area contributed by atoms with Crippen molar-refractivity contribution in [1.82, 2.24) is 0 Å². The van der Waals surface area contributed by atoms with Gasteiger partial charge in [0.05, 0.1) is 13.0 Å². The molecule has 140 valence electrons. The maximum Gasteiger partial charge on any atom is 0.338 e. The molecule has 0 radical (unpaired) electrons. The maximum atomic E-state index is 12.8. The number of benzene rings is 2. The van der Waals surface area contributed by atoms with E-state index in [1.165, 1.54) is 7.11 Å². The Morgan fingerprint density at radius 2 is 1.93 bits per heavy atom. The Morgan fingerprint density at radius 1 is 1.26 bits per heavy atom. The highest BCUT2D eigenvalue weighted by molar-refractivity contribution is 5.99. The van der Waals surface area contributed by atoms with Crippen molar-refractivity contribution in [3.05, 3.63) is 81.4 Å². The van der Waals surface area contributed by atoms with Gasteiger partial charge in [0.1, 0.15) is 6.61 Å². The van der Waals surface area contributed by atoms with E-state index in [-0.39, 0.29) is 12.5 Å². The topological polar surface area (TPSA) is 91.0 Å². The molecule has 0 aromatic heterocycles. The van der Waals surface area contributed by atoms with Gasteiger partial charge in [0.2, 0.25) is 18.0 Å². The van der Waals surface area contributed by atoms with Gasteiger partial charge in [0.25, 0.3) is 0 Å². The fraction of sp³-hybridized carbons (Fsp3) is 0.300. The van der Waals surface area contributed by atoms with Gasteiger partial charge in [-0.15, -0.1) is 0 Å². The van der Waals surface area contributed by atoms with Gasteiger partial charge in [-0.1, -0.05) is 42.5 Å². The molecule has 7 heteroatoms. The molecular formula is C20H20N2O5. The third kappa shape index (κ3) is 3.53. The monoisotopic (exact) mass is 368 g/mol. The van der Waals surface area contributed by atoms with Crippen LogP contribution in [0.3, 0.4) is 0 Å². The second-order valence-electron chi connectivity index (χ2n) is 6.41. The highest BCUT2D eigenvalue weighted by Gasteiger charge is 2.54. The quantitative estimate of drug-likeness (QED) is 0.444. The van der Waals surface area contributed by atoms with Gasteiger partial charge in [0.15, 0.2) is 0 Å². The Balaban J connectivity index is 2.15. The number of ether oxygens (including phenoxy) is 2. The van der Waals surface area contributed by atoms with Crippen LogP contribution in [0.15, 0.2) is 59.6 Å². The predicted molar refractivity (Wildman–Crippen MR) is 99.5 cm³/mol. The van der Waals surface area contributed by atoms with Crippen LogP contribution < -0.4 is 0 Å². The van der Waals surface area contributed by atoms with E-state index < -0.39 is 28.9 Å². The molecule has 0 spiro atoms. The minimum Gasteiger partial charge on any atom is -0.474 e. The largest absolute Gasteiger partial charge is 0.474 e. The van der Waals surface area contributed by atoms with Gasteiger partial charge in [0, 0.05) is 10.5 Å². The number of hydrogen-bond acceptors (Lipinski definition) is 6. The summed E-state index contributed by atoms with van der Waals surface area (Å²) in [4.78, 5) is 28.3. The molecule has 1 aliphatic heterocycles. The molecular weight excluding hydrogens is 348 g/mol. The van der Waals surface area contributed by atoms with E-state index in [1.807, 2.05) is 49.4 Å². The van der Waals surface area contributed by atoms with E-state index in [2.05, 4.69) is 4.99 Å². The molecule has 0 saturated heterocycles. The average Bonchev–Trinajstić information content (AvgIpc) is 3.13. The lowest BCUT2D eigenvalue weighted by atomic mass is 9.78. The summed E-state index contributed by atoms with van der Waals surface area (Å²) in [5.74, 6) is -1.19. The van der Waals surface area contributed by atoms with Gasteiger partial charge in [-0.3, -0.25) is 10.1 Å². The van der Waals surface area contributed by atoms with Gasteiger partial charge >= 0.3 is 5.97 Å². The number of nitrogens with zero attached hydrogens (tertiary/aromatic N) is 2. The van der Waals surface area contributed by atoms with Crippen molar-refractivity contribution < 1.29 is 19.2 Å². The molecule has 0 N–H and O–H groups in total. The Hall–Kier alpha value is -3.22. The lowest BCUT2D eigenvalue weighted by molar-refractivity contribution is -0.484. The average molecular weight is 368 g/mol. The van der Waals surface area contributed by atoms with Crippen molar-refractivity contribution in [3.8, 4) is 0 Å².